The molecule has 1 N–H and O–H groups in total. The molecule has 1 unspecified atom stereocenters. The Labute approximate surface area is 131 Å². The van der Waals surface area contributed by atoms with Gasteiger partial charge in [-0.15, -0.1) is 0 Å². The van der Waals surface area contributed by atoms with Crippen LogP contribution in [0.3, 0.4) is 0 Å². The molecule has 114 valence electrons. The van der Waals surface area contributed by atoms with Gasteiger partial charge in [0.1, 0.15) is 5.75 Å². The highest BCUT2D eigenvalue weighted by atomic mass is 32.2. The molecule has 1 atom stereocenters. The fraction of sp³-hybridized carbons (Fsp3) is 0.529. The maximum atomic E-state index is 8.82. The highest BCUT2D eigenvalue weighted by molar-refractivity contribution is 7.99. The van der Waals surface area contributed by atoms with E-state index < -0.39 is 0 Å². The third-order valence-corrected chi connectivity index (χ3v) is 4.59. The lowest BCUT2D eigenvalue weighted by Crippen LogP contribution is -2.36. The van der Waals surface area contributed by atoms with E-state index in [1.54, 1.807) is 7.11 Å². The molecule has 0 amide bonds. The summed E-state index contributed by atoms with van der Waals surface area (Å²) in [5, 5.41) is 9.53. The molecule has 1 saturated heterocycles. The van der Waals surface area contributed by atoms with Crippen molar-refractivity contribution in [3.63, 3.8) is 0 Å². The predicted octanol–water partition coefficient (Wildman–Crippen LogP) is 2.37. The van der Waals surface area contributed by atoms with Crippen molar-refractivity contribution in [1.29, 1.82) is 0 Å². The number of rotatable bonds is 4. The molecule has 0 bridgehead atoms. The number of hydrogen-bond donors (Lipinski definition) is 1. The molecule has 1 aliphatic rings. The number of aliphatic hydroxyl groups excluding tert-OH is 1. The number of ether oxygens (including phenoxy) is 1. The SMILES string of the molecule is COc1ccc(CN2CCSC(C)C2)cc1C#CCCO. The monoisotopic (exact) mass is 305 g/mol. The highest BCUT2D eigenvalue weighted by Gasteiger charge is 2.16. The van der Waals surface area contributed by atoms with Gasteiger partial charge >= 0.3 is 0 Å². The molecule has 0 saturated carbocycles. The van der Waals surface area contributed by atoms with Crippen molar-refractivity contribution in [3.05, 3.63) is 29.3 Å². The number of hydrogen-bond acceptors (Lipinski definition) is 4. The Bertz CT molecular complexity index is 521. The van der Waals surface area contributed by atoms with E-state index in [1.165, 1.54) is 11.3 Å². The molecule has 0 aromatic heterocycles. The number of methoxy groups -OCH3 is 1. The number of aliphatic hydroxyl groups is 1. The van der Waals surface area contributed by atoms with Crippen LogP contribution in [0.4, 0.5) is 0 Å². The summed E-state index contributed by atoms with van der Waals surface area (Å²) in [6, 6.07) is 6.21. The van der Waals surface area contributed by atoms with Gasteiger partial charge in [0.15, 0.2) is 0 Å². The summed E-state index contributed by atoms with van der Waals surface area (Å²) in [6.45, 7) is 5.63. The topological polar surface area (TPSA) is 32.7 Å². The molecule has 0 spiro atoms. The normalized spacial score (nSPS) is 18.9. The molecule has 4 heteroatoms. The maximum Gasteiger partial charge on any atom is 0.134 e. The van der Waals surface area contributed by atoms with Gasteiger partial charge in [0.25, 0.3) is 0 Å². The first-order chi connectivity index (χ1) is 10.2. The van der Waals surface area contributed by atoms with Crippen molar-refractivity contribution in [2.45, 2.75) is 25.1 Å². The second kappa shape index (κ2) is 8.33. The molecule has 3 nitrogen and oxygen atoms in total. The molecule has 0 aliphatic carbocycles. The molecular formula is C17H23NO2S. The van der Waals surface area contributed by atoms with Gasteiger partial charge in [0.05, 0.1) is 19.3 Å². The lowest BCUT2D eigenvalue weighted by molar-refractivity contribution is 0.278. The van der Waals surface area contributed by atoms with Crippen LogP contribution in [0, 0.1) is 11.8 Å². The third-order valence-electron chi connectivity index (χ3n) is 3.46. The Morgan fingerprint density at radius 3 is 3.05 bits per heavy atom. The van der Waals surface area contributed by atoms with Crippen molar-refractivity contribution in [2.75, 3.05) is 32.6 Å². The van der Waals surface area contributed by atoms with Gasteiger partial charge in [0.2, 0.25) is 0 Å². The minimum atomic E-state index is 0.0956. The van der Waals surface area contributed by atoms with E-state index >= 15 is 0 Å². The molecule has 1 heterocycles. The molecule has 1 aromatic carbocycles. The Kier molecular flexibility index (Phi) is 6.44. The quantitative estimate of drug-likeness (QED) is 0.866. The summed E-state index contributed by atoms with van der Waals surface area (Å²) in [5.41, 5.74) is 2.17. The van der Waals surface area contributed by atoms with Crippen LogP contribution in [0.1, 0.15) is 24.5 Å². The lowest BCUT2D eigenvalue weighted by Gasteiger charge is -2.30. The van der Waals surface area contributed by atoms with Crippen LogP contribution in [0.2, 0.25) is 0 Å². The predicted molar refractivity (Wildman–Crippen MR) is 88.8 cm³/mol. The third kappa shape index (κ3) is 4.96. The molecule has 21 heavy (non-hydrogen) atoms. The van der Waals surface area contributed by atoms with E-state index in [-0.39, 0.29) is 6.61 Å². The van der Waals surface area contributed by atoms with Crippen LogP contribution in [0.5, 0.6) is 5.75 Å². The highest BCUT2D eigenvalue weighted by Crippen LogP contribution is 2.23. The summed E-state index contributed by atoms with van der Waals surface area (Å²) in [6.07, 6.45) is 0.494. The largest absolute Gasteiger partial charge is 0.495 e. The molecule has 1 aromatic rings. The van der Waals surface area contributed by atoms with Crippen LogP contribution in [-0.4, -0.2) is 47.8 Å². The van der Waals surface area contributed by atoms with Gasteiger partial charge in [-0.05, 0) is 17.7 Å². The Hall–Kier alpha value is -1.15. The van der Waals surface area contributed by atoms with E-state index in [0.29, 0.717) is 11.7 Å². The van der Waals surface area contributed by atoms with Crippen molar-refractivity contribution in [1.82, 2.24) is 4.90 Å². The van der Waals surface area contributed by atoms with Crippen LogP contribution in [-0.2, 0) is 6.54 Å². The zero-order chi connectivity index (χ0) is 15.1. The first kappa shape index (κ1) is 16.2. The van der Waals surface area contributed by atoms with Crippen molar-refractivity contribution in [2.24, 2.45) is 0 Å². The minimum absolute atomic E-state index is 0.0956. The van der Waals surface area contributed by atoms with E-state index in [1.807, 2.05) is 17.8 Å². The van der Waals surface area contributed by atoms with E-state index in [4.69, 9.17) is 9.84 Å². The first-order valence-electron chi connectivity index (χ1n) is 7.33. The van der Waals surface area contributed by atoms with Gasteiger partial charge in [-0.2, -0.15) is 11.8 Å². The Morgan fingerprint density at radius 2 is 2.33 bits per heavy atom. The van der Waals surface area contributed by atoms with Crippen LogP contribution >= 0.6 is 11.8 Å². The van der Waals surface area contributed by atoms with E-state index in [2.05, 4.69) is 35.8 Å². The molecular weight excluding hydrogens is 282 g/mol. The van der Waals surface area contributed by atoms with Gasteiger partial charge in [0, 0.05) is 37.1 Å². The second-order valence-corrected chi connectivity index (χ2v) is 6.77. The lowest BCUT2D eigenvalue weighted by atomic mass is 10.1. The number of benzene rings is 1. The van der Waals surface area contributed by atoms with Gasteiger partial charge in [-0.3, -0.25) is 4.90 Å². The smallest absolute Gasteiger partial charge is 0.134 e. The average Bonchev–Trinajstić information content (AvgIpc) is 2.48. The summed E-state index contributed by atoms with van der Waals surface area (Å²) in [4.78, 5) is 2.49. The van der Waals surface area contributed by atoms with Crippen LogP contribution in [0.15, 0.2) is 18.2 Å². The molecule has 0 radical (unpaired) electrons. The van der Waals surface area contributed by atoms with Crippen molar-refractivity contribution < 1.29 is 9.84 Å². The fourth-order valence-corrected chi connectivity index (χ4v) is 3.54. The summed E-state index contributed by atoms with van der Waals surface area (Å²) in [7, 11) is 1.66. The van der Waals surface area contributed by atoms with Crippen molar-refractivity contribution >= 4 is 11.8 Å². The molecule has 1 fully saturated rings. The van der Waals surface area contributed by atoms with Crippen molar-refractivity contribution in [3.8, 4) is 17.6 Å². The van der Waals surface area contributed by atoms with E-state index in [0.717, 1.165) is 30.9 Å². The molecule has 1 aliphatic heterocycles. The van der Waals surface area contributed by atoms with Gasteiger partial charge in [-0.25, -0.2) is 0 Å². The fourth-order valence-electron chi connectivity index (χ4n) is 2.46. The zero-order valence-electron chi connectivity index (χ0n) is 12.8. The Morgan fingerprint density at radius 1 is 1.48 bits per heavy atom. The van der Waals surface area contributed by atoms with E-state index in [9.17, 15) is 0 Å². The summed E-state index contributed by atoms with van der Waals surface area (Å²) >= 11 is 2.05. The summed E-state index contributed by atoms with van der Waals surface area (Å²) < 4.78 is 5.36. The number of nitrogens with zero attached hydrogens (tertiary/aromatic N) is 1. The Balaban J connectivity index is 2.10. The van der Waals surface area contributed by atoms with Gasteiger partial charge < -0.3 is 9.84 Å². The standard InChI is InChI=1S/C17H23NO2S/c1-14-12-18(8-10-21-14)13-15-6-7-17(20-2)16(11-15)5-3-4-9-19/h6-7,11,14,19H,4,8-10,12-13H2,1-2H3. The average molecular weight is 305 g/mol. The number of thioether (sulfide) groups is 1. The zero-order valence-corrected chi connectivity index (χ0v) is 13.6. The van der Waals surface area contributed by atoms with Crippen LogP contribution in [0.25, 0.3) is 0 Å². The van der Waals surface area contributed by atoms with Crippen LogP contribution < -0.4 is 4.74 Å². The van der Waals surface area contributed by atoms with Gasteiger partial charge in [-0.1, -0.05) is 24.8 Å². The first-order valence-corrected chi connectivity index (χ1v) is 8.38. The second-order valence-electron chi connectivity index (χ2n) is 5.23. The summed E-state index contributed by atoms with van der Waals surface area (Å²) in [5.74, 6) is 8.07. The maximum absolute atomic E-state index is 8.82. The minimum Gasteiger partial charge on any atom is -0.495 e. The molecule has 2 rings (SSSR count).